The van der Waals surface area contributed by atoms with Crippen LogP contribution in [-0.2, 0) is 22.6 Å². The molecular weight excluding hydrogens is 639 g/mol. The van der Waals surface area contributed by atoms with Gasteiger partial charge in [0.15, 0.2) is 10.6 Å². The summed E-state index contributed by atoms with van der Waals surface area (Å²) in [4.78, 5) is 21.4. The minimum Gasteiger partial charge on any atom is -0.392 e. The van der Waals surface area contributed by atoms with Crippen LogP contribution in [0.4, 0.5) is 0 Å². The lowest BCUT2D eigenvalue weighted by Gasteiger charge is -2.41. The van der Waals surface area contributed by atoms with Gasteiger partial charge in [-0.05, 0) is 58.1 Å². The molecule has 0 bridgehead atoms. The van der Waals surface area contributed by atoms with Gasteiger partial charge in [-0.1, -0.05) is 97.5 Å². The Morgan fingerprint density at radius 3 is 2.46 bits per heavy atom. The zero-order valence-corrected chi connectivity index (χ0v) is 28.0. The van der Waals surface area contributed by atoms with Gasteiger partial charge in [0.25, 0.3) is 5.91 Å². The highest BCUT2D eigenvalue weighted by Crippen LogP contribution is 2.43. The Labute approximate surface area is 288 Å². The topological polar surface area (TPSA) is 93.6 Å². The molecular formula is C39H35N3O4S2. The molecule has 4 unspecified atom stereocenters. The number of thioether (sulfide) groups is 1. The van der Waals surface area contributed by atoms with Crippen LogP contribution in [0.3, 0.4) is 0 Å². The minimum atomic E-state index is -0.548. The number of carbonyl (C=O) groups excluding carboxylic acids is 1. The average molecular weight is 674 g/mol. The summed E-state index contributed by atoms with van der Waals surface area (Å²) in [5.74, 6) is 0.678. The first kappa shape index (κ1) is 32.2. The molecule has 1 aliphatic rings. The Morgan fingerprint density at radius 1 is 0.875 bits per heavy atom. The number of pyridine rings is 1. The molecule has 1 aliphatic heterocycles. The lowest BCUT2D eigenvalue weighted by Crippen LogP contribution is -2.38. The number of fused-ring (bicyclic) bond motifs is 1. The first-order chi connectivity index (χ1) is 23.5. The van der Waals surface area contributed by atoms with Crippen LogP contribution in [-0.4, -0.2) is 32.8 Å². The predicted octanol–water partition coefficient (Wildman–Crippen LogP) is 8.36. The summed E-state index contributed by atoms with van der Waals surface area (Å²) in [5.41, 5.74) is 7.55. The molecule has 1 fully saturated rings. The first-order valence-electron chi connectivity index (χ1n) is 15.9. The van der Waals surface area contributed by atoms with E-state index in [4.69, 9.17) is 14.5 Å². The number of ether oxygens (including phenoxy) is 2. The molecule has 6 aromatic rings. The molecule has 2 aromatic heterocycles. The van der Waals surface area contributed by atoms with Crippen LogP contribution in [0.2, 0.25) is 0 Å². The fourth-order valence-electron chi connectivity index (χ4n) is 5.85. The van der Waals surface area contributed by atoms with E-state index in [0.717, 1.165) is 49.0 Å². The second-order valence-electron chi connectivity index (χ2n) is 11.8. The van der Waals surface area contributed by atoms with Crippen LogP contribution < -0.4 is 5.32 Å². The molecule has 7 nitrogen and oxygen atoms in total. The Bertz CT molecular complexity index is 1950. The van der Waals surface area contributed by atoms with Gasteiger partial charge >= 0.3 is 0 Å². The molecule has 9 heteroatoms. The molecule has 48 heavy (non-hydrogen) atoms. The highest BCUT2D eigenvalue weighted by molar-refractivity contribution is 8.01. The second kappa shape index (κ2) is 14.8. The van der Waals surface area contributed by atoms with Crippen molar-refractivity contribution in [1.82, 2.24) is 15.3 Å². The summed E-state index contributed by atoms with van der Waals surface area (Å²) < 4.78 is 15.6. The Hall–Kier alpha value is -4.38. The quantitative estimate of drug-likeness (QED) is 0.141. The van der Waals surface area contributed by atoms with E-state index in [1.165, 1.54) is 4.70 Å². The van der Waals surface area contributed by atoms with E-state index in [-0.39, 0.29) is 30.6 Å². The molecule has 3 heterocycles. The van der Waals surface area contributed by atoms with E-state index in [9.17, 15) is 9.90 Å². The van der Waals surface area contributed by atoms with E-state index in [1.54, 1.807) is 47.6 Å². The number of benzene rings is 4. The van der Waals surface area contributed by atoms with E-state index in [0.29, 0.717) is 12.1 Å². The number of hydrogen-bond donors (Lipinski definition) is 2. The molecule has 4 aromatic carbocycles. The monoisotopic (exact) mass is 673 g/mol. The summed E-state index contributed by atoms with van der Waals surface area (Å²) in [6, 6.07) is 36.2. The molecule has 2 N–H and O–H groups in total. The van der Waals surface area contributed by atoms with Crippen molar-refractivity contribution in [1.29, 1.82) is 0 Å². The van der Waals surface area contributed by atoms with Crippen molar-refractivity contribution >= 4 is 39.2 Å². The summed E-state index contributed by atoms with van der Waals surface area (Å²) >= 11 is 3.43. The van der Waals surface area contributed by atoms with Crippen molar-refractivity contribution in [2.45, 2.75) is 42.9 Å². The lowest BCUT2D eigenvalue weighted by molar-refractivity contribution is -0.268. The van der Waals surface area contributed by atoms with Crippen molar-refractivity contribution in [3.8, 4) is 11.1 Å². The van der Waals surface area contributed by atoms with Gasteiger partial charge in [0.2, 0.25) is 0 Å². The zero-order chi connectivity index (χ0) is 32.9. The summed E-state index contributed by atoms with van der Waals surface area (Å²) in [5, 5.41) is 12.6. The maximum absolute atomic E-state index is 12.5. The first-order valence-corrected chi connectivity index (χ1v) is 17.7. The molecule has 1 saturated heterocycles. The Balaban J connectivity index is 1.08. The van der Waals surface area contributed by atoms with Crippen molar-refractivity contribution in [3.63, 3.8) is 0 Å². The highest BCUT2D eigenvalue weighted by atomic mass is 32.2. The number of nitrogens with zero attached hydrogens (tertiary/aromatic N) is 2. The molecule has 242 valence electrons. The SMILES string of the molecule is CC1C(CSc2nc3ccccc3s2)OC(c2ccc(-c3cccc(CNC(=O)c4cccnc4)c3)cc2)OC1c1ccc(CO)cc1. The standard InChI is InChI=1S/C39H35N3O4S2/c1-25-34(24-47-39-42-33-9-2-3-10-35(33)48-39)45-38(46-36(25)29-13-11-26(23-43)12-14-29)30-17-15-28(16-18-30)31-7-4-6-27(20-31)21-41-37(44)32-8-5-19-40-22-32/h2-20,22,25,34,36,38,43H,21,23-24H2,1H3,(H,41,44). The van der Waals surface area contributed by atoms with Crippen LogP contribution in [0.15, 0.2) is 126 Å². The maximum Gasteiger partial charge on any atom is 0.253 e. The third-order valence-corrected chi connectivity index (χ3v) is 10.9. The Kier molecular flexibility index (Phi) is 9.92. The van der Waals surface area contributed by atoms with Crippen LogP contribution in [0.25, 0.3) is 21.3 Å². The van der Waals surface area contributed by atoms with Crippen molar-refractivity contribution < 1.29 is 19.4 Å². The van der Waals surface area contributed by atoms with Gasteiger partial charge in [-0.3, -0.25) is 9.78 Å². The van der Waals surface area contributed by atoms with Crippen molar-refractivity contribution in [2.24, 2.45) is 5.92 Å². The highest BCUT2D eigenvalue weighted by Gasteiger charge is 2.38. The van der Waals surface area contributed by atoms with Crippen LogP contribution in [0.1, 0.15) is 51.9 Å². The number of carbonyl (C=O) groups is 1. The Morgan fingerprint density at radius 2 is 1.69 bits per heavy atom. The zero-order valence-electron chi connectivity index (χ0n) is 26.4. The van der Waals surface area contributed by atoms with Crippen LogP contribution in [0, 0.1) is 5.92 Å². The molecule has 0 saturated carbocycles. The third-order valence-electron chi connectivity index (χ3n) is 8.59. The fourth-order valence-corrected chi connectivity index (χ4v) is 8.11. The molecule has 1 amide bonds. The largest absolute Gasteiger partial charge is 0.392 e. The maximum atomic E-state index is 12.5. The van der Waals surface area contributed by atoms with E-state index in [2.05, 4.69) is 59.7 Å². The van der Waals surface area contributed by atoms with E-state index in [1.807, 2.05) is 54.6 Å². The van der Waals surface area contributed by atoms with Gasteiger partial charge in [0, 0.05) is 36.2 Å². The molecule has 0 aliphatic carbocycles. The van der Waals surface area contributed by atoms with Crippen LogP contribution in [0.5, 0.6) is 0 Å². The third kappa shape index (κ3) is 7.36. The minimum absolute atomic E-state index is 0.00379. The number of aliphatic hydroxyl groups excluding tert-OH is 1. The number of aromatic nitrogens is 2. The number of amides is 1. The molecule has 0 spiro atoms. The lowest BCUT2D eigenvalue weighted by atomic mass is 9.91. The summed E-state index contributed by atoms with van der Waals surface area (Å²) in [7, 11) is 0. The van der Waals surface area contributed by atoms with Gasteiger partial charge in [-0.25, -0.2) is 4.98 Å². The van der Waals surface area contributed by atoms with Crippen molar-refractivity contribution in [2.75, 3.05) is 5.75 Å². The fraction of sp³-hybridized carbons (Fsp3) is 0.205. The molecule has 7 rings (SSSR count). The molecule has 4 atom stereocenters. The van der Waals surface area contributed by atoms with E-state index >= 15 is 0 Å². The number of thiazole rings is 1. The van der Waals surface area contributed by atoms with Gasteiger partial charge < -0.3 is 19.9 Å². The number of aliphatic hydroxyl groups is 1. The number of para-hydroxylation sites is 1. The smallest absolute Gasteiger partial charge is 0.253 e. The van der Waals surface area contributed by atoms with Gasteiger partial charge in [0.05, 0.1) is 34.6 Å². The molecule has 0 radical (unpaired) electrons. The summed E-state index contributed by atoms with van der Waals surface area (Å²) in [6.45, 7) is 2.60. The summed E-state index contributed by atoms with van der Waals surface area (Å²) in [6.07, 6.45) is 2.40. The van der Waals surface area contributed by atoms with Crippen molar-refractivity contribution in [3.05, 3.63) is 149 Å². The number of nitrogens with one attached hydrogen (secondary N) is 1. The average Bonchev–Trinajstić information content (AvgIpc) is 3.57. The number of hydrogen-bond acceptors (Lipinski definition) is 8. The van der Waals surface area contributed by atoms with Gasteiger partial charge in [-0.2, -0.15) is 0 Å². The normalized spacial score (nSPS) is 19.3. The van der Waals surface area contributed by atoms with Gasteiger partial charge in [0.1, 0.15) is 0 Å². The predicted molar refractivity (Wildman–Crippen MR) is 191 cm³/mol. The second-order valence-corrected chi connectivity index (χ2v) is 14.1. The number of rotatable bonds is 10. The van der Waals surface area contributed by atoms with Crippen LogP contribution >= 0.6 is 23.1 Å². The van der Waals surface area contributed by atoms with Gasteiger partial charge in [-0.15, -0.1) is 11.3 Å². The van der Waals surface area contributed by atoms with E-state index < -0.39 is 6.29 Å².